The number of nitrogens with two attached hydrogens (primary N) is 1. The second-order valence-corrected chi connectivity index (χ2v) is 6.81. The van der Waals surface area contributed by atoms with Crippen molar-refractivity contribution in [3.8, 4) is 0 Å². The summed E-state index contributed by atoms with van der Waals surface area (Å²) in [6.07, 6.45) is 0.789. The number of amides is 1. The molecular formula is C18H21ClFN5O2. The van der Waals surface area contributed by atoms with Crippen molar-refractivity contribution in [3.63, 3.8) is 0 Å². The second kappa shape index (κ2) is 8.06. The van der Waals surface area contributed by atoms with E-state index in [4.69, 9.17) is 22.1 Å². The normalized spacial score (nSPS) is 17.5. The maximum absolute atomic E-state index is 14.2. The van der Waals surface area contributed by atoms with Gasteiger partial charge in [-0.15, -0.1) is 0 Å². The average Bonchev–Trinajstić information content (AvgIpc) is 2.82. The fraction of sp³-hybridized carbons (Fsp3) is 0.389. The third kappa shape index (κ3) is 4.45. The largest absolute Gasteiger partial charge is 0.379 e. The third-order valence-electron chi connectivity index (χ3n) is 4.25. The van der Waals surface area contributed by atoms with Gasteiger partial charge in [-0.1, -0.05) is 11.6 Å². The number of nitrogen functional groups attached to an aromatic ring is 1. The number of anilines is 3. The number of aromatic nitrogens is 2. The quantitative estimate of drug-likeness (QED) is 0.832. The zero-order valence-electron chi connectivity index (χ0n) is 15.1. The van der Waals surface area contributed by atoms with Crippen LogP contribution in [0.15, 0.2) is 18.2 Å². The van der Waals surface area contributed by atoms with Crippen molar-refractivity contribution in [3.05, 3.63) is 40.3 Å². The first-order valence-corrected chi connectivity index (χ1v) is 8.95. The lowest BCUT2D eigenvalue weighted by molar-refractivity contribution is -0.114. The van der Waals surface area contributed by atoms with Gasteiger partial charge in [0.2, 0.25) is 11.9 Å². The molecule has 1 atom stereocenters. The number of benzene rings is 1. The van der Waals surface area contributed by atoms with Crippen LogP contribution in [0, 0.1) is 12.7 Å². The topological polar surface area (TPSA) is 93.4 Å². The maximum atomic E-state index is 14.2. The summed E-state index contributed by atoms with van der Waals surface area (Å²) >= 11 is 6.35. The van der Waals surface area contributed by atoms with Crippen LogP contribution in [0.25, 0.3) is 0 Å². The Hall–Kier alpha value is -2.45. The number of ether oxygens (including phenoxy) is 1. The monoisotopic (exact) mass is 393 g/mol. The van der Waals surface area contributed by atoms with Crippen molar-refractivity contribution < 1.29 is 13.9 Å². The minimum atomic E-state index is -0.595. The van der Waals surface area contributed by atoms with Gasteiger partial charge < -0.3 is 20.7 Å². The summed E-state index contributed by atoms with van der Waals surface area (Å²) in [5.74, 6) is -0.132. The van der Waals surface area contributed by atoms with E-state index in [1.54, 1.807) is 6.07 Å². The van der Waals surface area contributed by atoms with Gasteiger partial charge >= 0.3 is 0 Å². The number of carbonyl (C=O) groups excluding carboxylic acids is 1. The predicted molar refractivity (Wildman–Crippen MR) is 102 cm³/mol. The Morgan fingerprint density at radius 1 is 1.41 bits per heavy atom. The highest BCUT2D eigenvalue weighted by molar-refractivity contribution is 6.31. The number of rotatable bonds is 3. The Balaban J connectivity index is 2.06. The Bertz CT molecular complexity index is 844. The summed E-state index contributed by atoms with van der Waals surface area (Å²) < 4.78 is 19.9. The smallest absolute Gasteiger partial charge is 0.222 e. The summed E-state index contributed by atoms with van der Waals surface area (Å²) in [6.45, 7) is 4.74. The van der Waals surface area contributed by atoms with E-state index < -0.39 is 5.82 Å². The van der Waals surface area contributed by atoms with Gasteiger partial charge in [0.15, 0.2) is 0 Å². The molecule has 1 aliphatic heterocycles. The second-order valence-electron chi connectivity index (χ2n) is 6.40. The van der Waals surface area contributed by atoms with Gasteiger partial charge in [0.1, 0.15) is 11.6 Å². The standard InChI is InChI=1S/C18H21ClFN5O2/c1-10-6-17(24-18(21)22-10)25-4-3-5-27-9-16(25)12-7-15(23-11(2)26)14(20)8-13(12)19/h6-8,16H,3-5,9H2,1-2H3,(H,23,26)(H2,21,22,24). The van der Waals surface area contributed by atoms with Crippen molar-refractivity contribution in [2.45, 2.75) is 26.3 Å². The maximum Gasteiger partial charge on any atom is 0.222 e. The highest BCUT2D eigenvalue weighted by atomic mass is 35.5. The van der Waals surface area contributed by atoms with E-state index in [2.05, 4.69) is 15.3 Å². The Labute approximate surface area is 161 Å². The molecule has 1 amide bonds. The lowest BCUT2D eigenvalue weighted by Gasteiger charge is -2.31. The first-order valence-electron chi connectivity index (χ1n) is 8.57. The van der Waals surface area contributed by atoms with Crippen LogP contribution >= 0.6 is 11.6 Å². The van der Waals surface area contributed by atoms with Gasteiger partial charge in [-0.3, -0.25) is 4.79 Å². The molecule has 1 aromatic heterocycles. The third-order valence-corrected chi connectivity index (χ3v) is 4.58. The number of hydrogen-bond acceptors (Lipinski definition) is 6. The molecule has 3 rings (SSSR count). The highest BCUT2D eigenvalue weighted by Crippen LogP contribution is 2.35. The zero-order valence-corrected chi connectivity index (χ0v) is 15.9. The molecule has 3 N–H and O–H groups in total. The highest BCUT2D eigenvalue weighted by Gasteiger charge is 2.28. The van der Waals surface area contributed by atoms with E-state index in [0.717, 1.165) is 12.1 Å². The minimum absolute atomic E-state index is 0.0736. The summed E-state index contributed by atoms with van der Waals surface area (Å²) in [5.41, 5.74) is 7.27. The molecule has 2 aromatic rings. The predicted octanol–water partition coefficient (Wildman–Crippen LogP) is 3.09. The van der Waals surface area contributed by atoms with Crippen LogP contribution in [0.5, 0.6) is 0 Å². The average molecular weight is 394 g/mol. The molecule has 0 spiro atoms. The van der Waals surface area contributed by atoms with Crippen molar-refractivity contribution in [2.24, 2.45) is 0 Å². The van der Waals surface area contributed by atoms with E-state index in [1.165, 1.54) is 13.0 Å². The zero-order chi connectivity index (χ0) is 19.6. The molecule has 0 radical (unpaired) electrons. The SMILES string of the molecule is CC(=O)Nc1cc(C2COCCCN2c2cc(C)nc(N)n2)c(Cl)cc1F. The van der Waals surface area contributed by atoms with Gasteiger partial charge in [-0.2, -0.15) is 4.98 Å². The molecule has 1 aromatic carbocycles. The number of nitrogens with one attached hydrogen (secondary N) is 1. The fourth-order valence-corrected chi connectivity index (χ4v) is 3.41. The Kier molecular flexibility index (Phi) is 5.76. The number of hydrogen-bond donors (Lipinski definition) is 2. The molecule has 2 heterocycles. The van der Waals surface area contributed by atoms with E-state index in [0.29, 0.717) is 31.1 Å². The van der Waals surface area contributed by atoms with Gasteiger partial charge in [-0.05, 0) is 31.0 Å². The van der Waals surface area contributed by atoms with E-state index >= 15 is 0 Å². The van der Waals surface area contributed by atoms with Gasteiger partial charge in [-0.25, -0.2) is 9.37 Å². The summed E-state index contributed by atoms with van der Waals surface area (Å²) in [7, 11) is 0. The van der Waals surface area contributed by atoms with Crippen LogP contribution in [-0.2, 0) is 9.53 Å². The molecule has 7 nitrogen and oxygen atoms in total. The van der Waals surface area contributed by atoms with Gasteiger partial charge in [0.05, 0.1) is 18.3 Å². The minimum Gasteiger partial charge on any atom is -0.379 e. The molecule has 0 aliphatic carbocycles. The molecule has 1 unspecified atom stereocenters. The van der Waals surface area contributed by atoms with Crippen molar-refractivity contribution >= 4 is 35.0 Å². The Morgan fingerprint density at radius 3 is 2.89 bits per heavy atom. The van der Waals surface area contributed by atoms with Crippen LogP contribution in [-0.4, -0.2) is 35.6 Å². The molecule has 144 valence electrons. The molecule has 1 saturated heterocycles. The first kappa shape index (κ1) is 19.3. The molecule has 0 bridgehead atoms. The molecule has 1 fully saturated rings. The number of nitrogens with zero attached hydrogens (tertiary/aromatic N) is 3. The van der Waals surface area contributed by atoms with Crippen LogP contribution in [0.1, 0.15) is 30.6 Å². The van der Waals surface area contributed by atoms with E-state index in [-0.39, 0.29) is 28.6 Å². The van der Waals surface area contributed by atoms with Crippen LogP contribution in [0.3, 0.4) is 0 Å². The van der Waals surface area contributed by atoms with Crippen molar-refractivity contribution in [2.75, 3.05) is 35.7 Å². The van der Waals surface area contributed by atoms with Crippen LogP contribution in [0.2, 0.25) is 5.02 Å². The first-order chi connectivity index (χ1) is 12.8. The summed E-state index contributed by atoms with van der Waals surface area (Å²) in [5, 5.41) is 2.74. The van der Waals surface area contributed by atoms with Crippen LogP contribution in [0.4, 0.5) is 21.8 Å². The molecule has 1 aliphatic rings. The van der Waals surface area contributed by atoms with Crippen LogP contribution < -0.4 is 16.0 Å². The number of carbonyl (C=O) groups is 1. The van der Waals surface area contributed by atoms with Gasteiger partial charge in [0.25, 0.3) is 0 Å². The number of aryl methyl sites for hydroxylation is 1. The Morgan fingerprint density at radius 2 is 2.19 bits per heavy atom. The van der Waals surface area contributed by atoms with Crippen molar-refractivity contribution in [1.82, 2.24) is 9.97 Å². The van der Waals surface area contributed by atoms with E-state index in [1.807, 2.05) is 17.9 Å². The van der Waals surface area contributed by atoms with Crippen molar-refractivity contribution in [1.29, 1.82) is 0 Å². The molecule has 9 heteroatoms. The summed E-state index contributed by atoms with van der Waals surface area (Å²) in [4.78, 5) is 21.9. The number of halogens is 2. The summed E-state index contributed by atoms with van der Waals surface area (Å²) in [6, 6.07) is 4.26. The molecule has 27 heavy (non-hydrogen) atoms. The molecular weight excluding hydrogens is 373 g/mol. The fourth-order valence-electron chi connectivity index (χ4n) is 3.14. The molecule has 0 saturated carbocycles. The lowest BCUT2D eigenvalue weighted by Crippen LogP contribution is -2.32. The van der Waals surface area contributed by atoms with E-state index in [9.17, 15) is 9.18 Å². The van der Waals surface area contributed by atoms with Gasteiger partial charge in [0, 0.05) is 36.9 Å². The lowest BCUT2D eigenvalue weighted by atomic mass is 10.0.